The Morgan fingerprint density at radius 1 is 1.24 bits per heavy atom. The predicted octanol–water partition coefficient (Wildman–Crippen LogP) is 0.916. The summed E-state index contributed by atoms with van der Waals surface area (Å²) in [6.07, 6.45) is 2.24. The van der Waals surface area contributed by atoms with E-state index in [9.17, 15) is 21.6 Å². The molecule has 25 heavy (non-hydrogen) atoms. The second-order valence-corrected chi connectivity index (χ2v) is 10.9. The zero-order valence-corrected chi connectivity index (χ0v) is 16.5. The number of hydrogen-bond donors (Lipinski definition) is 2. The fourth-order valence-electron chi connectivity index (χ4n) is 2.31. The van der Waals surface area contributed by atoms with Crippen LogP contribution in [0, 0.1) is 0 Å². The van der Waals surface area contributed by atoms with Crippen LogP contribution in [-0.2, 0) is 24.7 Å². The van der Waals surface area contributed by atoms with E-state index in [1.54, 1.807) is 0 Å². The molecule has 1 aromatic rings. The average molecular weight is 452 g/mol. The topological polar surface area (TPSA) is 118 Å². The summed E-state index contributed by atoms with van der Waals surface area (Å²) < 4.78 is 50.5. The number of hydroxylamine groups is 1. The second-order valence-electron chi connectivity index (χ2n) is 5.61. The number of hydrogen-bond acceptors (Lipinski definition) is 6. The van der Waals surface area contributed by atoms with Gasteiger partial charge in [0.2, 0.25) is 15.5 Å². The Labute approximate surface area is 154 Å². The van der Waals surface area contributed by atoms with Crippen molar-refractivity contribution in [3.8, 4) is 0 Å². The maximum Gasteiger partial charge on any atom is 0.331 e. The SMILES string of the molecule is C[N+]1(C)C(C(=O)NO)=C(S(=O)(=O)c2ccc(Br)cc2)C=CCS1(=O)=O. The van der Waals surface area contributed by atoms with Gasteiger partial charge < -0.3 is 0 Å². The molecule has 1 aliphatic rings. The molecule has 0 aliphatic carbocycles. The van der Waals surface area contributed by atoms with Gasteiger partial charge in [0, 0.05) is 4.47 Å². The summed E-state index contributed by atoms with van der Waals surface area (Å²) in [5.41, 5.74) is 0.738. The van der Waals surface area contributed by atoms with Crippen LogP contribution < -0.4 is 5.48 Å². The number of carbonyl (C=O) groups is 1. The van der Waals surface area contributed by atoms with Gasteiger partial charge in [0.25, 0.3) is 0 Å². The zero-order valence-electron chi connectivity index (χ0n) is 13.3. The number of nitrogens with one attached hydrogen (secondary N) is 1. The van der Waals surface area contributed by atoms with Crippen LogP contribution >= 0.6 is 15.9 Å². The number of halogens is 1. The minimum absolute atomic E-state index is 0.113. The number of amides is 1. The lowest BCUT2D eigenvalue weighted by molar-refractivity contribution is -0.714. The first-order chi connectivity index (χ1) is 11.4. The van der Waals surface area contributed by atoms with E-state index in [2.05, 4.69) is 15.9 Å². The number of nitrogens with zero attached hydrogens (tertiary/aromatic N) is 1. The molecule has 11 heteroatoms. The predicted molar refractivity (Wildman–Crippen MR) is 93.3 cm³/mol. The third-order valence-corrected chi connectivity index (χ3v) is 8.29. The summed E-state index contributed by atoms with van der Waals surface area (Å²) in [5.74, 6) is -1.67. The Morgan fingerprint density at radius 3 is 2.32 bits per heavy atom. The third kappa shape index (κ3) is 3.42. The quantitative estimate of drug-likeness (QED) is 0.400. The monoisotopic (exact) mass is 451 g/mol. The molecule has 1 amide bonds. The van der Waals surface area contributed by atoms with Gasteiger partial charge in [-0.05, 0) is 30.3 Å². The van der Waals surface area contributed by atoms with E-state index >= 15 is 0 Å². The molecule has 0 bridgehead atoms. The Kier molecular flexibility index (Phi) is 5.26. The highest BCUT2D eigenvalue weighted by molar-refractivity contribution is 9.10. The Bertz CT molecular complexity index is 977. The molecule has 1 heterocycles. The van der Waals surface area contributed by atoms with Crippen molar-refractivity contribution in [2.45, 2.75) is 4.90 Å². The van der Waals surface area contributed by atoms with Gasteiger partial charge in [-0.3, -0.25) is 10.0 Å². The highest BCUT2D eigenvalue weighted by Gasteiger charge is 2.46. The molecule has 0 spiro atoms. The molecule has 0 saturated heterocycles. The smallest absolute Gasteiger partial charge is 0.288 e. The number of allylic oxidation sites excluding steroid dienone is 1. The van der Waals surface area contributed by atoms with E-state index in [4.69, 9.17) is 5.21 Å². The van der Waals surface area contributed by atoms with Crippen LogP contribution in [0.25, 0.3) is 0 Å². The number of sulfonamides is 1. The first kappa shape index (κ1) is 19.8. The largest absolute Gasteiger partial charge is 0.331 e. The number of sulfone groups is 1. The van der Waals surface area contributed by atoms with Crippen molar-refractivity contribution < 1.29 is 30.7 Å². The van der Waals surface area contributed by atoms with Gasteiger partial charge in [-0.1, -0.05) is 22.0 Å². The lowest BCUT2D eigenvalue weighted by atomic mass is 10.3. The molecule has 0 atom stereocenters. The summed E-state index contributed by atoms with van der Waals surface area (Å²) in [5, 5.41) is 9.01. The van der Waals surface area contributed by atoms with Crippen LogP contribution in [-0.4, -0.2) is 51.7 Å². The minimum atomic E-state index is -4.21. The molecule has 1 aromatic carbocycles. The van der Waals surface area contributed by atoms with Crippen molar-refractivity contribution in [3.63, 3.8) is 0 Å². The van der Waals surface area contributed by atoms with E-state index in [-0.39, 0.29) is 4.90 Å². The van der Waals surface area contributed by atoms with Crippen LogP contribution in [0.5, 0.6) is 0 Å². The van der Waals surface area contributed by atoms with Gasteiger partial charge in [-0.25, -0.2) is 13.9 Å². The summed E-state index contributed by atoms with van der Waals surface area (Å²) >= 11 is 3.20. The van der Waals surface area contributed by atoms with E-state index in [1.165, 1.54) is 49.9 Å². The second kappa shape index (κ2) is 6.65. The van der Waals surface area contributed by atoms with Gasteiger partial charge >= 0.3 is 15.9 Å². The van der Waals surface area contributed by atoms with Crippen molar-refractivity contribution in [1.29, 1.82) is 0 Å². The van der Waals surface area contributed by atoms with E-state index in [1.807, 2.05) is 0 Å². The van der Waals surface area contributed by atoms with Crippen LogP contribution in [0.15, 0.2) is 56.4 Å². The fraction of sp³-hybridized carbons (Fsp3) is 0.214. The average Bonchev–Trinajstić information content (AvgIpc) is 2.62. The third-order valence-electron chi connectivity index (χ3n) is 3.77. The van der Waals surface area contributed by atoms with Crippen molar-refractivity contribution in [2.75, 3.05) is 19.8 Å². The molecule has 0 unspecified atom stereocenters. The number of rotatable bonds is 3. The number of likely N-dealkylation sites (N-methyl/N-ethyl adjacent to an activating group) is 1. The van der Waals surface area contributed by atoms with Gasteiger partial charge in [0.1, 0.15) is 10.7 Å². The van der Waals surface area contributed by atoms with E-state index < -0.39 is 46.0 Å². The maximum absolute atomic E-state index is 13.0. The zero-order chi connectivity index (χ0) is 19.0. The Balaban J connectivity index is 2.87. The van der Waals surface area contributed by atoms with Crippen LogP contribution in [0.2, 0.25) is 0 Å². The van der Waals surface area contributed by atoms with Gasteiger partial charge in [-0.15, -0.1) is 0 Å². The molecule has 8 nitrogen and oxygen atoms in total. The molecular weight excluding hydrogens is 436 g/mol. The van der Waals surface area contributed by atoms with Crippen molar-refractivity contribution >= 4 is 41.7 Å². The molecule has 0 saturated carbocycles. The summed E-state index contributed by atoms with van der Waals surface area (Å²) in [6.45, 7) is 0. The molecule has 0 aromatic heterocycles. The molecule has 2 rings (SSSR count). The van der Waals surface area contributed by atoms with Gasteiger partial charge in [0.15, 0.2) is 0 Å². The first-order valence-corrected chi connectivity index (χ1v) is 10.8. The minimum Gasteiger partial charge on any atom is -0.288 e. The van der Waals surface area contributed by atoms with Crippen molar-refractivity contribution in [1.82, 2.24) is 5.48 Å². The summed E-state index contributed by atoms with van der Waals surface area (Å²) in [7, 11) is -5.80. The molecule has 0 fully saturated rings. The lowest BCUT2D eigenvalue weighted by Crippen LogP contribution is -2.50. The van der Waals surface area contributed by atoms with Crippen molar-refractivity contribution in [3.05, 3.63) is 51.5 Å². The highest BCUT2D eigenvalue weighted by Crippen LogP contribution is 2.32. The van der Waals surface area contributed by atoms with Crippen LogP contribution in [0.1, 0.15) is 0 Å². The van der Waals surface area contributed by atoms with Crippen LogP contribution in [0.4, 0.5) is 0 Å². The summed E-state index contributed by atoms with van der Waals surface area (Å²) in [4.78, 5) is 11.6. The lowest BCUT2D eigenvalue weighted by Gasteiger charge is -2.28. The standard InChI is InChI=1S/C14H15BrN2O6S2/c1-17(2)13(14(18)16-19)12(4-3-9-24(17,20)21)25(22,23)11-7-5-10(15)6-8-11/h3-8H,9H2,1-2H3,(H-,16,18,19)/p+1. The number of quaternary nitrogens is 1. The molecule has 136 valence electrons. The fourth-order valence-corrected chi connectivity index (χ4v) is 5.41. The van der Waals surface area contributed by atoms with Crippen molar-refractivity contribution in [2.24, 2.45) is 0 Å². The Hall–Kier alpha value is -1.53. The van der Waals surface area contributed by atoms with E-state index in [0.717, 1.165) is 6.08 Å². The molecule has 2 N–H and O–H groups in total. The van der Waals surface area contributed by atoms with Gasteiger partial charge in [-0.2, -0.15) is 12.3 Å². The Morgan fingerprint density at radius 2 is 1.80 bits per heavy atom. The normalized spacial score (nSPS) is 19.4. The maximum atomic E-state index is 13.0. The van der Waals surface area contributed by atoms with E-state index in [0.29, 0.717) is 4.47 Å². The number of carbonyl (C=O) groups excluding carboxylic acids is 1. The number of benzene rings is 1. The first-order valence-electron chi connectivity index (χ1n) is 6.88. The highest BCUT2D eigenvalue weighted by atomic mass is 79.9. The summed E-state index contributed by atoms with van der Waals surface area (Å²) in [6, 6.07) is 5.68. The van der Waals surface area contributed by atoms with Crippen LogP contribution in [0.3, 0.4) is 0 Å². The molecular formula is C14H16BrN2O6S2+. The molecule has 0 radical (unpaired) electrons. The molecule has 1 aliphatic heterocycles. The van der Waals surface area contributed by atoms with Gasteiger partial charge in [0.05, 0.1) is 19.0 Å².